The Bertz CT molecular complexity index is 1100. The van der Waals surface area contributed by atoms with Crippen molar-refractivity contribution >= 4 is 44.2 Å². The van der Waals surface area contributed by atoms with Gasteiger partial charge in [0.25, 0.3) is 0 Å². The number of hydrogen-bond acceptors (Lipinski definition) is 5. The van der Waals surface area contributed by atoms with E-state index in [1.807, 2.05) is 30.3 Å². The van der Waals surface area contributed by atoms with Crippen molar-refractivity contribution in [2.24, 2.45) is 5.92 Å². The monoisotopic (exact) mass is 454 g/mol. The molecule has 168 valence electrons. The van der Waals surface area contributed by atoms with Crippen molar-refractivity contribution < 1.29 is 14.0 Å². The van der Waals surface area contributed by atoms with E-state index in [0.29, 0.717) is 35.0 Å². The predicted molar refractivity (Wildman–Crippen MR) is 127 cm³/mol. The highest BCUT2D eigenvalue weighted by atomic mass is 32.1. The van der Waals surface area contributed by atoms with Crippen LogP contribution in [0.3, 0.4) is 0 Å². The molecule has 1 atom stereocenters. The van der Waals surface area contributed by atoms with E-state index < -0.39 is 5.92 Å². The number of rotatable bonds is 8. The first-order chi connectivity index (χ1) is 15.5. The number of halogens is 1. The standard InChI is InChI=1S/C24H27FN4O2S/c1-3-27(4-2)12-13-28(24-26-20-11-10-18(25)15-21(20)32-24)23(31)17-14-22(30)29(16-17)19-8-6-5-7-9-19/h5-11,15,17H,3-4,12-14,16H2,1-2H3. The van der Waals surface area contributed by atoms with Crippen LogP contribution in [0.15, 0.2) is 48.5 Å². The van der Waals surface area contributed by atoms with E-state index >= 15 is 0 Å². The fraction of sp³-hybridized carbons (Fsp3) is 0.375. The Labute approximate surface area is 191 Å². The van der Waals surface area contributed by atoms with E-state index in [1.54, 1.807) is 15.9 Å². The molecular weight excluding hydrogens is 427 g/mol. The van der Waals surface area contributed by atoms with Crippen molar-refractivity contribution in [1.29, 1.82) is 0 Å². The Kier molecular flexibility index (Phi) is 6.81. The molecule has 3 aromatic rings. The van der Waals surface area contributed by atoms with Crippen molar-refractivity contribution in [2.75, 3.05) is 42.5 Å². The summed E-state index contributed by atoms with van der Waals surface area (Å²) in [6.07, 6.45) is 0.176. The molecule has 2 heterocycles. The first-order valence-corrected chi connectivity index (χ1v) is 11.8. The molecule has 32 heavy (non-hydrogen) atoms. The largest absolute Gasteiger partial charge is 0.312 e. The smallest absolute Gasteiger partial charge is 0.234 e. The summed E-state index contributed by atoms with van der Waals surface area (Å²) < 4.78 is 14.4. The molecule has 1 aliphatic heterocycles. The summed E-state index contributed by atoms with van der Waals surface area (Å²) in [5.74, 6) is -0.926. The highest BCUT2D eigenvalue weighted by Gasteiger charge is 2.38. The van der Waals surface area contributed by atoms with E-state index in [9.17, 15) is 14.0 Å². The quantitative estimate of drug-likeness (QED) is 0.513. The number of para-hydroxylation sites is 1. The second kappa shape index (κ2) is 9.75. The Morgan fingerprint density at radius 1 is 1.16 bits per heavy atom. The van der Waals surface area contributed by atoms with Gasteiger partial charge in [0, 0.05) is 31.7 Å². The third-order valence-corrected chi connectivity index (χ3v) is 6.95. The van der Waals surface area contributed by atoms with Crippen LogP contribution in [0.1, 0.15) is 20.3 Å². The molecule has 0 aliphatic carbocycles. The Hall–Kier alpha value is -2.84. The summed E-state index contributed by atoms with van der Waals surface area (Å²) in [4.78, 5) is 36.5. The maximum Gasteiger partial charge on any atom is 0.234 e. The number of benzene rings is 2. The molecule has 8 heteroatoms. The van der Waals surface area contributed by atoms with Crippen LogP contribution in [-0.2, 0) is 9.59 Å². The van der Waals surface area contributed by atoms with Crippen LogP contribution in [0.25, 0.3) is 10.2 Å². The van der Waals surface area contributed by atoms with Gasteiger partial charge < -0.3 is 9.80 Å². The van der Waals surface area contributed by atoms with Crippen molar-refractivity contribution in [2.45, 2.75) is 20.3 Å². The minimum Gasteiger partial charge on any atom is -0.312 e. The normalized spacial score (nSPS) is 16.3. The zero-order valence-electron chi connectivity index (χ0n) is 18.3. The van der Waals surface area contributed by atoms with E-state index in [-0.39, 0.29) is 24.1 Å². The number of likely N-dealkylation sites (N-methyl/N-ethyl adjacent to an activating group) is 1. The SMILES string of the molecule is CCN(CC)CCN(C(=O)C1CC(=O)N(c2ccccc2)C1)c1nc2ccc(F)cc2s1. The predicted octanol–water partition coefficient (Wildman–Crippen LogP) is 4.16. The molecule has 1 aromatic heterocycles. The number of aromatic nitrogens is 1. The lowest BCUT2D eigenvalue weighted by Crippen LogP contribution is -2.42. The van der Waals surface area contributed by atoms with Gasteiger partial charge in [0.05, 0.1) is 16.1 Å². The third-order valence-electron chi connectivity index (χ3n) is 5.91. The van der Waals surface area contributed by atoms with Crippen molar-refractivity contribution in [3.63, 3.8) is 0 Å². The molecule has 0 N–H and O–H groups in total. The summed E-state index contributed by atoms with van der Waals surface area (Å²) in [5.41, 5.74) is 1.47. The molecule has 1 aliphatic rings. The van der Waals surface area contributed by atoms with Gasteiger partial charge in [-0.2, -0.15) is 0 Å². The minimum atomic E-state index is -0.442. The number of thiazole rings is 1. The summed E-state index contributed by atoms with van der Waals surface area (Å²) >= 11 is 1.31. The van der Waals surface area contributed by atoms with Gasteiger partial charge in [0.2, 0.25) is 11.8 Å². The first-order valence-electron chi connectivity index (χ1n) is 10.9. The lowest BCUT2D eigenvalue weighted by atomic mass is 10.1. The Balaban J connectivity index is 1.60. The van der Waals surface area contributed by atoms with Crippen LogP contribution in [0.2, 0.25) is 0 Å². The number of anilines is 2. The number of carbonyl (C=O) groups is 2. The topological polar surface area (TPSA) is 56.8 Å². The van der Waals surface area contributed by atoms with E-state index in [1.165, 1.54) is 23.5 Å². The molecule has 1 saturated heterocycles. The Morgan fingerprint density at radius 2 is 1.91 bits per heavy atom. The van der Waals surface area contributed by atoms with Gasteiger partial charge in [-0.3, -0.25) is 14.5 Å². The molecule has 1 unspecified atom stereocenters. The van der Waals surface area contributed by atoms with Crippen LogP contribution >= 0.6 is 11.3 Å². The molecule has 0 radical (unpaired) electrons. The number of fused-ring (bicyclic) bond motifs is 1. The van der Waals surface area contributed by atoms with Gasteiger partial charge in [0.15, 0.2) is 5.13 Å². The molecule has 0 spiro atoms. The zero-order chi connectivity index (χ0) is 22.7. The highest BCUT2D eigenvalue weighted by molar-refractivity contribution is 7.22. The molecule has 2 aromatic carbocycles. The molecule has 0 bridgehead atoms. The van der Waals surface area contributed by atoms with Crippen LogP contribution < -0.4 is 9.80 Å². The minimum absolute atomic E-state index is 0.0513. The summed E-state index contributed by atoms with van der Waals surface area (Å²) in [7, 11) is 0. The molecule has 2 amide bonds. The van der Waals surface area contributed by atoms with Crippen molar-refractivity contribution in [3.05, 3.63) is 54.3 Å². The van der Waals surface area contributed by atoms with Crippen LogP contribution in [0.5, 0.6) is 0 Å². The number of amides is 2. The molecule has 6 nitrogen and oxygen atoms in total. The molecule has 1 fully saturated rings. The highest BCUT2D eigenvalue weighted by Crippen LogP contribution is 2.32. The fourth-order valence-electron chi connectivity index (χ4n) is 4.03. The van der Waals surface area contributed by atoms with E-state index in [2.05, 4.69) is 23.7 Å². The third kappa shape index (κ3) is 4.66. The number of carbonyl (C=O) groups excluding carboxylic acids is 2. The van der Waals surface area contributed by atoms with Gasteiger partial charge in [-0.15, -0.1) is 0 Å². The first kappa shape index (κ1) is 22.4. The fourth-order valence-corrected chi connectivity index (χ4v) is 5.06. The zero-order valence-corrected chi connectivity index (χ0v) is 19.1. The average Bonchev–Trinajstić information content (AvgIpc) is 3.40. The second-order valence-corrected chi connectivity index (χ2v) is 8.88. The van der Waals surface area contributed by atoms with Gasteiger partial charge in [0.1, 0.15) is 5.82 Å². The van der Waals surface area contributed by atoms with Gasteiger partial charge in [-0.25, -0.2) is 9.37 Å². The molecular formula is C24H27FN4O2S. The Morgan fingerprint density at radius 3 is 2.62 bits per heavy atom. The van der Waals surface area contributed by atoms with Crippen LogP contribution in [-0.4, -0.2) is 54.4 Å². The number of hydrogen-bond donors (Lipinski definition) is 0. The van der Waals surface area contributed by atoms with Gasteiger partial charge in [-0.05, 0) is 43.4 Å². The second-order valence-electron chi connectivity index (χ2n) is 7.87. The summed E-state index contributed by atoms with van der Waals surface area (Å²) in [6, 6.07) is 13.9. The van der Waals surface area contributed by atoms with Crippen molar-refractivity contribution in [1.82, 2.24) is 9.88 Å². The maximum absolute atomic E-state index is 13.7. The van der Waals surface area contributed by atoms with Gasteiger partial charge >= 0.3 is 0 Å². The molecule has 4 rings (SSSR count). The van der Waals surface area contributed by atoms with E-state index in [0.717, 1.165) is 18.8 Å². The van der Waals surface area contributed by atoms with Crippen LogP contribution in [0.4, 0.5) is 15.2 Å². The molecule has 0 saturated carbocycles. The maximum atomic E-state index is 13.7. The van der Waals surface area contributed by atoms with Crippen LogP contribution in [0, 0.1) is 11.7 Å². The average molecular weight is 455 g/mol. The summed E-state index contributed by atoms with van der Waals surface area (Å²) in [6.45, 7) is 7.46. The lowest BCUT2D eigenvalue weighted by molar-refractivity contribution is -0.124. The van der Waals surface area contributed by atoms with Crippen molar-refractivity contribution in [3.8, 4) is 0 Å². The lowest BCUT2D eigenvalue weighted by Gasteiger charge is -2.26. The van der Waals surface area contributed by atoms with E-state index in [4.69, 9.17) is 0 Å². The summed E-state index contributed by atoms with van der Waals surface area (Å²) in [5, 5.41) is 0.549. The van der Waals surface area contributed by atoms with Gasteiger partial charge in [-0.1, -0.05) is 43.4 Å². The number of nitrogens with zero attached hydrogens (tertiary/aromatic N) is 4.